The fourth-order valence-corrected chi connectivity index (χ4v) is 2.38. The minimum absolute atomic E-state index is 0.320. The molecule has 0 radical (unpaired) electrons. The first-order valence-electron chi connectivity index (χ1n) is 6.46. The number of anilines is 1. The number of aromatic nitrogens is 2. The van der Waals surface area contributed by atoms with Crippen molar-refractivity contribution < 1.29 is 9.53 Å². The van der Waals surface area contributed by atoms with E-state index < -0.39 is 5.97 Å². The number of carbonyl (C=O) groups excluding carboxylic acids is 1. The molecule has 5 nitrogen and oxygen atoms in total. The third-order valence-electron chi connectivity index (χ3n) is 3.28. The number of nitrogen functional groups attached to an aromatic ring is 1. The van der Waals surface area contributed by atoms with Crippen molar-refractivity contribution in [1.82, 2.24) is 9.97 Å². The second kappa shape index (κ2) is 4.52. The van der Waals surface area contributed by atoms with Crippen LogP contribution in [0.4, 0.5) is 5.69 Å². The Balaban J connectivity index is 2.30. The molecule has 20 heavy (non-hydrogen) atoms. The number of rotatable bonds is 2. The molecular weight excluding hydrogens is 254 g/mol. The first kappa shape index (κ1) is 12.5. The van der Waals surface area contributed by atoms with Gasteiger partial charge in [0.1, 0.15) is 5.69 Å². The van der Waals surface area contributed by atoms with Crippen molar-refractivity contribution in [1.29, 1.82) is 0 Å². The number of hydrogen-bond donors (Lipinski definition) is 2. The number of hydrogen-bond acceptors (Lipinski definition) is 4. The molecule has 0 fully saturated rings. The summed E-state index contributed by atoms with van der Waals surface area (Å²) in [6.45, 7) is 3.97. The highest BCUT2D eigenvalue weighted by Crippen LogP contribution is 2.29. The average Bonchev–Trinajstić information content (AvgIpc) is 2.78. The normalized spacial score (nSPS) is 11.1. The van der Waals surface area contributed by atoms with Crippen LogP contribution in [0.15, 0.2) is 24.3 Å². The Labute approximate surface area is 115 Å². The van der Waals surface area contributed by atoms with E-state index in [0.717, 1.165) is 27.5 Å². The Bertz CT molecular complexity index is 821. The number of nitrogens with two attached hydrogens (primary N) is 1. The van der Waals surface area contributed by atoms with E-state index in [9.17, 15) is 4.79 Å². The smallest absolute Gasteiger partial charge is 0.356 e. The molecule has 0 aliphatic carbocycles. The van der Waals surface area contributed by atoms with Gasteiger partial charge in [-0.3, -0.25) is 0 Å². The van der Waals surface area contributed by atoms with Crippen LogP contribution < -0.4 is 5.73 Å². The summed E-state index contributed by atoms with van der Waals surface area (Å²) in [7, 11) is 0. The topological polar surface area (TPSA) is 81.0 Å². The van der Waals surface area contributed by atoms with Gasteiger partial charge in [0.25, 0.3) is 0 Å². The molecule has 0 atom stereocenters. The van der Waals surface area contributed by atoms with Gasteiger partial charge in [0.15, 0.2) is 0 Å². The molecule has 1 aromatic carbocycles. The van der Waals surface area contributed by atoms with E-state index in [2.05, 4.69) is 9.97 Å². The number of fused-ring (bicyclic) bond motifs is 3. The Morgan fingerprint density at radius 2 is 2.15 bits per heavy atom. The number of benzene rings is 1. The summed E-state index contributed by atoms with van der Waals surface area (Å²) in [5.41, 5.74) is 9.49. The molecule has 0 bridgehead atoms. The number of pyridine rings is 1. The van der Waals surface area contributed by atoms with Gasteiger partial charge >= 0.3 is 5.97 Å². The number of nitrogens with one attached hydrogen (secondary N) is 1. The molecule has 3 aromatic rings. The monoisotopic (exact) mass is 269 g/mol. The van der Waals surface area contributed by atoms with Crippen LogP contribution in [0.5, 0.6) is 0 Å². The summed E-state index contributed by atoms with van der Waals surface area (Å²) in [5, 5.41) is 1.92. The SMILES string of the molecule is CCOC(=O)c1cc2c([nH]c3ccc(N)cc32)c(C)n1. The van der Waals surface area contributed by atoms with E-state index in [-0.39, 0.29) is 0 Å². The highest BCUT2D eigenvalue weighted by Gasteiger charge is 2.14. The van der Waals surface area contributed by atoms with E-state index in [1.165, 1.54) is 0 Å². The zero-order valence-electron chi connectivity index (χ0n) is 11.4. The molecule has 102 valence electrons. The van der Waals surface area contributed by atoms with Crippen LogP contribution in [0, 0.1) is 6.92 Å². The molecule has 0 spiro atoms. The first-order chi connectivity index (χ1) is 9.60. The van der Waals surface area contributed by atoms with Crippen LogP contribution in [0.25, 0.3) is 21.8 Å². The molecule has 2 aromatic heterocycles. The maximum absolute atomic E-state index is 11.8. The third-order valence-corrected chi connectivity index (χ3v) is 3.28. The van der Waals surface area contributed by atoms with Gasteiger partial charge < -0.3 is 15.5 Å². The van der Waals surface area contributed by atoms with Crippen LogP contribution in [-0.4, -0.2) is 22.5 Å². The van der Waals surface area contributed by atoms with Gasteiger partial charge in [0.05, 0.1) is 17.8 Å². The van der Waals surface area contributed by atoms with Crippen molar-refractivity contribution >= 4 is 33.5 Å². The van der Waals surface area contributed by atoms with Crippen molar-refractivity contribution in [3.05, 3.63) is 35.7 Å². The second-order valence-electron chi connectivity index (χ2n) is 4.67. The van der Waals surface area contributed by atoms with Crippen molar-refractivity contribution in [3.8, 4) is 0 Å². The number of nitrogens with zero attached hydrogens (tertiary/aromatic N) is 1. The maximum Gasteiger partial charge on any atom is 0.356 e. The van der Waals surface area contributed by atoms with Gasteiger partial charge in [0, 0.05) is 22.0 Å². The zero-order chi connectivity index (χ0) is 14.3. The summed E-state index contributed by atoms with van der Waals surface area (Å²) in [5.74, 6) is -0.407. The molecular formula is C15H15N3O2. The lowest BCUT2D eigenvalue weighted by Gasteiger charge is -2.03. The van der Waals surface area contributed by atoms with Crippen molar-refractivity contribution in [2.75, 3.05) is 12.3 Å². The minimum atomic E-state index is -0.407. The fourth-order valence-electron chi connectivity index (χ4n) is 2.38. The van der Waals surface area contributed by atoms with E-state index in [1.54, 1.807) is 13.0 Å². The van der Waals surface area contributed by atoms with Gasteiger partial charge in [-0.25, -0.2) is 9.78 Å². The molecule has 3 rings (SSSR count). The van der Waals surface area contributed by atoms with Gasteiger partial charge in [0.2, 0.25) is 0 Å². The molecule has 0 aliphatic rings. The quantitative estimate of drug-likeness (QED) is 0.553. The molecule has 3 N–H and O–H groups in total. The number of esters is 1. The van der Waals surface area contributed by atoms with Crippen molar-refractivity contribution in [2.45, 2.75) is 13.8 Å². The average molecular weight is 269 g/mol. The Morgan fingerprint density at radius 1 is 1.35 bits per heavy atom. The Kier molecular flexibility index (Phi) is 2.82. The summed E-state index contributed by atoms with van der Waals surface area (Å²) < 4.78 is 5.01. The van der Waals surface area contributed by atoms with Crippen LogP contribution in [-0.2, 0) is 4.74 Å². The van der Waals surface area contributed by atoms with E-state index in [0.29, 0.717) is 18.0 Å². The van der Waals surface area contributed by atoms with E-state index in [4.69, 9.17) is 10.5 Å². The largest absolute Gasteiger partial charge is 0.461 e. The molecule has 5 heteroatoms. The fraction of sp³-hybridized carbons (Fsp3) is 0.200. The van der Waals surface area contributed by atoms with Crippen molar-refractivity contribution in [3.63, 3.8) is 0 Å². The minimum Gasteiger partial charge on any atom is -0.461 e. The number of ether oxygens (including phenoxy) is 1. The van der Waals surface area contributed by atoms with Crippen LogP contribution >= 0.6 is 0 Å². The Morgan fingerprint density at radius 3 is 2.90 bits per heavy atom. The van der Waals surface area contributed by atoms with E-state index >= 15 is 0 Å². The number of aryl methyl sites for hydroxylation is 1. The lowest BCUT2D eigenvalue weighted by Crippen LogP contribution is -2.07. The standard InChI is InChI=1S/C15H15N3O2/c1-3-20-15(19)13-7-11-10-6-9(16)4-5-12(10)18-14(11)8(2)17-13/h4-7,18H,3,16H2,1-2H3. The predicted molar refractivity (Wildman–Crippen MR) is 78.7 cm³/mol. The number of carbonyl (C=O) groups is 1. The zero-order valence-corrected chi connectivity index (χ0v) is 11.4. The molecule has 0 saturated carbocycles. The summed E-state index contributed by atoms with van der Waals surface area (Å²) >= 11 is 0. The van der Waals surface area contributed by atoms with Crippen molar-refractivity contribution in [2.24, 2.45) is 0 Å². The summed E-state index contributed by atoms with van der Waals surface area (Å²) in [6.07, 6.45) is 0. The maximum atomic E-state index is 11.8. The van der Waals surface area contributed by atoms with Crippen LogP contribution in [0.2, 0.25) is 0 Å². The summed E-state index contributed by atoms with van der Waals surface area (Å²) in [6, 6.07) is 7.40. The highest BCUT2D eigenvalue weighted by atomic mass is 16.5. The van der Waals surface area contributed by atoms with Gasteiger partial charge in [-0.05, 0) is 38.1 Å². The Hall–Kier alpha value is -2.56. The molecule has 0 aliphatic heterocycles. The second-order valence-corrected chi connectivity index (χ2v) is 4.67. The van der Waals surface area contributed by atoms with E-state index in [1.807, 2.05) is 25.1 Å². The highest BCUT2D eigenvalue weighted by molar-refractivity contribution is 6.10. The molecule has 2 heterocycles. The molecule has 0 unspecified atom stereocenters. The van der Waals surface area contributed by atoms with Gasteiger partial charge in [-0.15, -0.1) is 0 Å². The number of H-pyrrole nitrogens is 1. The third kappa shape index (κ3) is 1.87. The molecule has 0 amide bonds. The number of aromatic amines is 1. The predicted octanol–water partition coefficient (Wildman–Crippen LogP) is 2.78. The lowest BCUT2D eigenvalue weighted by atomic mass is 10.1. The molecule has 0 saturated heterocycles. The van der Waals surface area contributed by atoms with Crippen LogP contribution in [0.3, 0.4) is 0 Å². The lowest BCUT2D eigenvalue weighted by molar-refractivity contribution is 0.0519. The first-order valence-corrected chi connectivity index (χ1v) is 6.46. The van der Waals surface area contributed by atoms with Gasteiger partial charge in [-0.2, -0.15) is 0 Å². The summed E-state index contributed by atoms with van der Waals surface area (Å²) in [4.78, 5) is 19.4. The van der Waals surface area contributed by atoms with Gasteiger partial charge in [-0.1, -0.05) is 0 Å². The van der Waals surface area contributed by atoms with Crippen LogP contribution in [0.1, 0.15) is 23.1 Å².